The maximum Gasteiger partial charge on any atom is 0.322 e. The highest BCUT2D eigenvalue weighted by molar-refractivity contribution is 7.80. The summed E-state index contributed by atoms with van der Waals surface area (Å²) in [4.78, 5) is 12.0. The summed E-state index contributed by atoms with van der Waals surface area (Å²) in [5, 5.41) is 2.76. The van der Waals surface area contributed by atoms with Crippen molar-refractivity contribution in [3.8, 4) is 0 Å². The van der Waals surface area contributed by atoms with Crippen LogP contribution in [0.5, 0.6) is 0 Å². The quantitative estimate of drug-likeness (QED) is 0.340. The summed E-state index contributed by atoms with van der Waals surface area (Å²) < 4.78 is 0. The minimum absolute atomic E-state index is 0.0810. The summed E-state index contributed by atoms with van der Waals surface area (Å²) >= 11 is 10.0. The van der Waals surface area contributed by atoms with Gasteiger partial charge in [-0.15, -0.1) is 0 Å². The van der Waals surface area contributed by atoms with E-state index in [1.165, 1.54) is 4.90 Å². The number of carbonyl (C=O) groups excluding carboxylic acids is 1. The molecule has 56 valence electrons. The summed E-state index contributed by atoms with van der Waals surface area (Å²) in [7, 11) is 0. The predicted molar refractivity (Wildman–Crippen MR) is 43.2 cm³/mol. The molecule has 0 aliphatic carbocycles. The number of hydrogen-bond acceptors (Lipinski definition) is 2. The molecular formula is C5H7ClN2OS. The van der Waals surface area contributed by atoms with Gasteiger partial charge in [0.1, 0.15) is 0 Å². The number of amides is 1. The number of nitrogens with one attached hydrogen (secondary N) is 1. The number of halogens is 1. The highest BCUT2D eigenvalue weighted by atomic mass is 35.5. The largest absolute Gasteiger partial charge is 0.360 e. The Hall–Kier alpha value is -0.350. The lowest BCUT2D eigenvalue weighted by atomic mass is 10.3. The topological polar surface area (TPSA) is 32.3 Å². The van der Waals surface area contributed by atoms with E-state index < -0.39 is 5.37 Å². The van der Waals surface area contributed by atoms with E-state index in [1.807, 2.05) is 6.92 Å². The van der Waals surface area contributed by atoms with Gasteiger partial charge in [-0.25, -0.2) is 0 Å². The Labute approximate surface area is 69.3 Å². The Bertz CT molecular complexity index is 184. The van der Waals surface area contributed by atoms with Gasteiger partial charge in [-0.2, -0.15) is 0 Å². The number of hydrogen-bond donors (Lipinski definition) is 1. The van der Waals surface area contributed by atoms with Gasteiger partial charge >= 0.3 is 5.37 Å². The molecule has 1 N–H and O–H groups in total. The van der Waals surface area contributed by atoms with Crippen molar-refractivity contribution in [2.75, 3.05) is 6.54 Å². The second kappa shape index (κ2) is 2.72. The van der Waals surface area contributed by atoms with Gasteiger partial charge in [-0.05, 0) is 30.7 Å². The Balaban J connectivity index is 2.72. The Morgan fingerprint density at radius 1 is 2.00 bits per heavy atom. The van der Waals surface area contributed by atoms with Crippen molar-refractivity contribution in [3.63, 3.8) is 0 Å². The zero-order valence-corrected chi connectivity index (χ0v) is 7.00. The molecule has 0 bridgehead atoms. The maximum absolute atomic E-state index is 10.6. The molecule has 1 aliphatic rings. The van der Waals surface area contributed by atoms with Gasteiger partial charge in [0.15, 0.2) is 5.11 Å². The first kappa shape index (κ1) is 7.75. The minimum atomic E-state index is -0.512. The van der Waals surface area contributed by atoms with E-state index in [0.29, 0.717) is 11.7 Å². The smallest absolute Gasteiger partial charge is 0.322 e. The number of rotatable bonds is 0. The lowest BCUT2D eigenvalue weighted by Gasteiger charge is -2.14. The van der Waals surface area contributed by atoms with Crippen LogP contribution >= 0.6 is 23.8 Å². The molecule has 0 aromatic rings. The molecule has 0 aromatic heterocycles. The highest BCUT2D eigenvalue weighted by Gasteiger charge is 2.28. The fourth-order valence-corrected chi connectivity index (χ4v) is 1.51. The van der Waals surface area contributed by atoms with Crippen molar-refractivity contribution in [3.05, 3.63) is 0 Å². The number of thiocarbonyl (C=S) groups is 1. The molecule has 1 amide bonds. The lowest BCUT2D eigenvalue weighted by Crippen LogP contribution is -2.34. The summed E-state index contributed by atoms with van der Waals surface area (Å²) in [5.41, 5.74) is 0. The fourth-order valence-electron chi connectivity index (χ4n) is 0.865. The number of nitrogens with zero attached hydrogens (tertiary/aromatic N) is 1. The third-order valence-electron chi connectivity index (χ3n) is 1.40. The van der Waals surface area contributed by atoms with Crippen LogP contribution in [0.4, 0.5) is 4.79 Å². The normalized spacial score (nSPS) is 24.8. The van der Waals surface area contributed by atoms with Gasteiger partial charge in [-0.3, -0.25) is 9.69 Å². The second-order valence-corrected chi connectivity index (χ2v) is 2.87. The average Bonchev–Trinajstić information content (AvgIpc) is 2.11. The van der Waals surface area contributed by atoms with E-state index in [4.69, 9.17) is 23.8 Å². The molecule has 1 fully saturated rings. The zero-order valence-electron chi connectivity index (χ0n) is 5.43. The van der Waals surface area contributed by atoms with Gasteiger partial charge in [0.2, 0.25) is 0 Å². The molecular weight excluding hydrogens is 172 g/mol. The second-order valence-electron chi connectivity index (χ2n) is 2.16. The third kappa shape index (κ3) is 1.22. The lowest BCUT2D eigenvalue weighted by molar-refractivity contribution is 0.239. The van der Waals surface area contributed by atoms with E-state index in [9.17, 15) is 4.79 Å². The van der Waals surface area contributed by atoms with Crippen LogP contribution in [0.1, 0.15) is 6.92 Å². The van der Waals surface area contributed by atoms with E-state index in [2.05, 4.69) is 5.32 Å². The van der Waals surface area contributed by atoms with Crippen molar-refractivity contribution in [1.29, 1.82) is 0 Å². The van der Waals surface area contributed by atoms with Gasteiger partial charge < -0.3 is 5.32 Å². The highest BCUT2D eigenvalue weighted by Crippen LogP contribution is 2.09. The standard InChI is InChI=1S/C5H7ClN2OS/c1-3-2-7-5(10)8(3)4(6)9/h3H,2H2,1H3,(H,7,10). The van der Waals surface area contributed by atoms with E-state index in [1.54, 1.807) is 0 Å². The van der Waals surface area contributed by atoms with Gasteiger partial charge in [0.05, 0.1) is 6.04 Å². The molecule has 0 spiro atoms. The molecule has 10 heavy (non-hydrogen) atoms. The van der Waals surface area contributed by atoms with Crippen LogP contribution in [0.2, 0.25) is 0 Å². The molecule has 1 aliphatic heterocycles. The molecule has 0 saturated carbocycles. The van der Waals surface area contributed by atoms with Crippen LogP contribution in [0, 0.1) is 0 Å². The maximum atomic E-state index is 10.6. The molecule has 1 saturated heterocycles. The minimum Gasteiger partial charge on any atom is -0.360 e. The first-order valence-corrected chi connectivity index (χ1v) is 3.68. The van der Waals surface area contributed by atoms with Crippen LogP contribution in [-0.4, -0.2) is 28.0 Å². The summed E-state index contributed by atoms with van der Waals surface area (Å²) in [6.07, 6.45) is 0. The Kier molecular flexibility index (Phi) is 2.11. The fraction of sp³-hybridized carbons (Fsp3) is 0.600. The Morgan fingerprint density at radius 3 is 2.80 bits per heavy atom. The van der Waals surface area contributed by atoms with Crippen molar-refractivity contribution in [1.82, 2.24) is 10.2 Å². The van der Waals surface area contributed by atoms with Crippen LogP contribution < -0.4 is 5.32 Å². The van der Waals surface area contributed by atoms with E-state index in [-0.39, 0.29) is 6.04 Å². The first-order valence-electron chi connectivity index (χ1n) is 2.89. The summed E-state index contributed by atoms with van der Waals surface area (Å²) in [6, 6.07) is 0.0810. The van der Waals surface area contributed by atoms with Crippen LogP contribution in [0.25, 0.3) is 0 Å². The van der Waals surface area contributed by atoms with Crippen LogP contribution in [-0.2, 0) is 0 Å². The first-order chi connectivity index (χ1) is 4.63. The monoisotopic (exact) mass is 178 g/mol. The van der Waals surface area contributed by atoms with E-state index in [0.717, 1.165) is 0 Å². The van der Waals surface area contributed by atoms with Crippen LogP contribution in [0.3, 0.4) is 0 Å². The van der Waals surface area contributed by atoms with Gasteiger partial charge in [0.25, 0.3) is 0 Å². The van der Waals surface area contributed by atoms with Crippen LogP contribution in [0.15, 0.2) is 0 Å². The van der Waals surface area contributed by atoms with Crippen molar-refractivity contribution < 1.29 is 4.79 Å². The molecule has 1 atom stereocenters. The van der Waals surface area contributed by atoms with Crippen molar-refractivity contribution in [2.24, 2.45) is 0 Å². The molecule has 0 aromatic carbocycles. The SMILES string of the molecule is CC1CNC(=S)N1C(=O)Cl. The van der Waals surface area contributed by atoms with Gasteiger partial charge in [0, 0.05) is 6.54 Å². The molecule has 1 heterocycles. The summed E-state index contributed by atoms with van der Waals surface area (Å²) in [6.45, 7) is 2.57. The zero-order chi connectivity index (χ0) is 7.72. The predicted octanol–water partition coefficient (Wildman–Crippen LogP) is 0.924. The third-order valence-corrected chi connectivity index (χ3v) is 1.92. The summed E-state index contributed by atoms with van der Waals surface area (Å²) in [5.74, 6) is 0. The molecule has 0 radical (unpaired) electrons. The molecule has 1 unspecified atom stereocenters. The van der Waals surface area contributed by atoms with Crippen molar-refractivity contribution in [2.45, 2.75) is 13.0 Å². The molecule has 3 nitrogen and oxygen atoms in total. The molecule has 1 rings (SSSR count). The number of carbonyl (C=O) groups is 1. The Morgan fingerprint density at radius 2 is 2.60 bits per heavy atom. The van der Waals surface area contributed by atoms with E-state index >= 15 is 0 Å². The van der Waals surface area contributed by atoms with Crippen molar-refractivity contribution >= 4 is 34.3 Å². The van der Waals surface area contributed by atoms with Gasteiger partial charge in [-0.1, -0.05) is 0 Å². The molecule has 5 heteroatoms. The average molecular weight is 179 g/mol.